The van der Waals surface area contributed by atoms with E-state index in [1.165, 1.54) is 40.7 Å². The number of nitrogens with two attached hydrogens (primary N) is 1. The molecule has 21 heavy (non-hydrogen) atoms. The van der Waals surface area contributed by atoms with E-state index in [0.29, 0.717) is 12.0 Å². The van der Waals surface area contributed by atoms with Crippen molar-refractivity contribution in [3.63, 3.8) is 0 Å². The minimum atomic E-state index is 0.302. The summed E-state index contributed by atoms with van der Waals surface area (Å²) in [6.07, 6.45) is 3.35. The highest BCUT2D eigenvalue weighted by Crippen LogP contribution is 2.36. The van der Waals surface area contributed by atoms with E-state index < -0.39 is 0 Å². The van der Waals surface area contributed by atoms with E-state index in [0.717, 1.165) is 6.42 Å². The molecule has 1 aliphatic carbocycles. The van der Waals surface area contributed by atoms with Crippen LogP contribution in [0.2, 0.25) is 0 Å². The Bertz CT molecular complexity index is 633. The molecular formula is C19H24N2. The number of fused-ring (bicyclic) bond motifs is 1. The number of nitrogens with one attached hydrogen (secondary N) is 1. The summed E-state index contributed by atoms with van der Waals surface area (Å²) >= 11 is 0. The molecule has 0 bridgehead atoms. The van der Waals surface area contributed by atoms with Gasteiger partial charge in [0.15, 0.2) is 0 Å². The lowest BCUT2D eigenvalue weighted by atomic mass is 9.88. The van der Waals surface area contributed by atoms with Crippen LogP contribution in [0.5, 0.6) is 0 Å². The lowest BCUT2D eigenvalue weighted by molar-refractivity contribution is 0.434. The van der Waals surface area contributed by atoms with E-state index in [1.54, 1.807) is 0 Å². The highest BCUT2D eigenvalue weighted by atomic mass is 15.2. The molecule has 0 fully saturated rings. The molecule has 2 heteroatoms. The minimum absolute atomic E-state index is 0.302. The summed E-state index contributed by atoms with van der Waals surface area (Å²) in [7, 11) is 0. The summed E-state index contributed by atoms with van der Waals surface area (Å²) in [6, 6.07) is 15.8. The normalized spacial score (nSPS) is 18.5. The zero-order valence-electron chi connectivity index (χ0n) is 12.9. The topological polar surface area (TPSA) is 38.0 Å². The van der Waals surface area contributed by atoms with Crippen LogP contribution >= 0.6 is 0 Å². The van der Waals surface area contributed by atoms with Crippen LogP contribution in [0.1, 0.15) is 40.2 Å². The Morgan fingerprint density at radius 2 is 1.95 bits per heavy atom. The first-order chi connectivity index (χ1) is 10.2. The molecule has 2 aromatic rings. The van der Waals surface area contributed by atoms with Crippen LogP contribution < -0.4 is 11.3 Å². The van der Waals surface area contributed by atoms with Gasteiger partial charge >= 0.3 is 0 Å². The summed E-state index contributed by atoms with van der Waals surface area (Å²) in [4.78, 5) is 0. The van der Waals surface area contributed by atoms with E-state index in [4.69, 9.17) is 5.84 Å². The molecular weight excluding hydrogens is 256 g/mol. The molecule has 2 atom stereocenters. The largest absolute Gasteiger partial charge is 0.271 e. The molecule has 2 aromatic carbocycles. The maximum absolute atomic E-state index is 5.88. The van der Waals surface area contributed by atoms with Crippen molar-refractivity contribution in [3.05, 3.63) is 70.3 Å². The average molecular weight is 280 g/mol. The van der Waals surface area contributed by atoms with Gasteiger partial charge in [0.25, 0.3) is 0 Å². The molecule has 3 N–H and O–H groups in total. The molecule has 0 saturated carbocycles. The van der Waals surface area contributed by atoms with E-state index in [2.05, 4.69) is 61.7 Å². The van der Waals surface area contributed by atoms with Gasteiger partial charge in [0.2, 0.25) is 0 Å². The molecule has 110 valence electrons. The van der Waals surface area contributed by atoms with Gasteiger partial charge in [-0.2, -0.15) is 0 Å². The zero-order chi connectivity index (χ0) is 14.8. The predicted molar refractivity (Wildman–Crippen MR) is 88.2 cm³/mol. The third-order valence-electron chi connectivity index (χ3n) is 4.91. The third kappa shape index (κ3) is 2.87. The van der Waals surface area contributed by atoms with Crippen LogP contribution in [-0.2, 0) is 12.8 Å². The van der Waals surface area contributed by atoms with Crippen molar-refractivity contribution in [3.8, 4) is 0 Å². The number of hydrazine groups is 1. The molecule has 2 nitrogen and oxygen atoms in total. The maximum atomic E-state index is 5.88. The first kappa shape index (κ1) is 14.3. The quantitative estimate of drug-likeness (QED) is 0.665. The predicted octanol–water partition coefficient (Wildman–Crippen LogP) is 3.41. The third-order valence-corrected chi connectivity index (χ3v) is 4.91. The van der Waals surface area contributed by atoms with Gasteiger partial charge in [-0.05, 0) is 60.9 Å². The summed E-state index contributed by atoms with van der Waals surface area (Å²) in [5.41, 5.74) is 10.1. The van der Waals surface area contributed by atoms with Crippen molar-refractivity contribution in [1.29, 1.82) is 0 Å². The molecule has 1 aliphatic rings. The number of rotatable bonds is 4. The SMILES string of the molecule is Cc1ccc(CC(NN)C2CCc3ccccc32)cc1C. The Morgan fingerprint density at radius 3 is 2.71 bits per heavy atom. The monoisotopic (exact) mass is 280 g/mol. The van der Waals surface area contributed by atoms with Gasteiger partial charge < -0.3 is 0 Å². The van der Waals surface area contributed by atoms with Gasteiger partial charge in [-0.25, -0.2) is 0 Å². The molecule has 0 aromatic heterocycles. The van der Waals surface area contributed by atoms with Gasteiger partial charge in [0, 0.05) is 12.0 Å². The van der Waals surface area contributed by atoms with E-state index in [-0.39, 0.29) is 0 Å². The van der Waals surface area contributed by atoms with Crippen LogP contribution in [0.25, 0.3) is 0 Å². The first-order valence-corrected chi connectivity index (χ1v) is 7.79. The number of benzene rings is 2. The Kier molecular flexibility index (Phi) is 4.09. The van der Waals surface area contributed by atoms with Crippen molar-refractivity contribution in [2.75, 3.05) is 0 Å². The summed E-state index contributed by atoms with van der Waals surface area (Å²) < 4.78 is 0. The van der Waals surface area contributed by atoms with Crippen LogP contribution in [0.15, 0.2) is 42.5 Å². The molecule has 0 radical (unpaired) electrons. The van der Waals surface area contributed by atoms with Crippen molar-refractivity contribution in [1.82, 2.24) is 5.43 Å². The van der Waals surface area contributed by atoms with Crippen LogP contribution in [0.3, 0.4) is 0 Å². The molecule has 3 rings (SSSR count). The fourth-order valence-corrected chi connectivity index (χ4v) is 3.51. The maximum Gasteiger partial charge on any atom is 0.0319 e. The lowest BCUT2D eigenvalue weighted by Crippen LogP contribution is -2.40. The van der Waals surface area contributed by atoms with Crippen molar-refractivity contribution >= 4 is 0 Å². The number of hydrogen-bond donors (Lipinski definition) is 2. The van der Waals surface area contributed by atoms with Gasteiger partial charge in [0.1, 0.15) is 0 Å². The minimum Gasteiger partial charge on any atom is -0.271 e. The molecule has 0 spiro atoms. The van der Waals surface area contributed by atoms with Crippen molar-refractivity contribution in [2.24, 2.45) is 5.84 Å². The highest BCUT2D eigenvalue weighted by molar-refractivity contribution is 5.37. The summed E-state index contributed by atoms with van der Waals surface area (Å²) in [5.74, 6) is 6.40. The van der Waals surface area contributed by atoms with E-state index in [1.807, 2.05) is 0 Å². The van der Waals surface area contributed by atoms with E-state index >= 15 is 0 Å². The van der Waals surface area contributed by atoms with Crippen molar-refractivity contribution < 1.29 is 0 Å². The zero-order valence-corrected chi connectivity index (χ0v) is 12.9. The summed E-state index contributed by atoms with van der Waals surface area (Å²) in [6.45, 7) is 4.33. The molecule has 0 aliphatic heterocycles. The second-order valence-corrected chi connectivity index (χ2v) is 6.24. The Balaban J connectivity index is 1.81. The lowest BCUT2D eigenvalue weighted by Gasteiger charge is -2.24. The smallest absolute Gasteiger partial charge is 0.0319 e. The Labute approximate surface area is 127 Å². The highest BCUT2D eigenvalue weighted by Gasteiger charge is 2.28. The molecule has 0 amide bonds. The Hall–Kier alpha value is -1.64. The summed E-state index contributed by atoms with van der Waals surface area (Å²) in [5, 5.41) is 0. The second kappa shape index (κ2) is 6.00. The van der Waals surface area contributed by atoms with Crippen LogP contribution in [0.4, 0.5) is 0 Å². The van der Waals surface area contributed by atoms with Gasteiger partial charge in [-0.1, -0.05) is 42.5 Å². The Morgan fingerprint density at radius 1 is 1.14 bits per heavy atom. The first-order valence-electron chi connectivity index (χ1n) is 7.79. The number of hydrogen-bond acceptors (Lipinski definition) is 2. The van der Waals surface area contributed by atoms with E-state index in [9.17, 15) is 0 Å². The molecule has 2 unspecified atom stereocenters. The fraction of sp³-hybridized carbons (Fsp3) is 0.368. The van der Waals surface area contributed by atoms with Crippen LogP contribution in [-0.4, -0.2) is 6.04 Å². The average Bonchev–Trinajstić information content (AvgIpc) is 2.92. The second-order valence-electron chi connectivity index (χ2n) is 6.24. The fourth-order valence-electron chi connectivity index (χ4n) is 3.51. The van der Waals surface area contributed by atoms with Gasteiger partial charge in [-0.15, -0.1) is 0 Å². The van der Waals surface area contributed by atoms with Gasteiger partial charge in [0.05, 0.1) is 0 Å². The molecule has 0 heterocycles. The molecule has 0 saturated heterocycles. The van der Waals surface area contributed by atoms with Gasteiger partial charge in [-0.3, -0.25) is 11.3 Å². The standard InChI is InChI=1S/C19H24N2/c1-13-7-8-15(11-14(13)2)12-19(21-20)18-10-9-16-5-3-4-6-17(16)18/h3-8,11,18-19,21H,9-10,12,20H2,1-2H3. The van der Waals surface area contributed by atoms with Crippen LogP contribution in [0, 0.1) is 13.8 Å². The van der Waals surface area contributed by atoms with Crippen molar-refractivity contribution in [2.45, 2.75) is 45.1 Å². The number of aryl methyl sites for hydroxylation is 3.